The van der Waals surface area contributed by atoms with Crippen LogP contribution in [0.5, 0.6) is 0 Å². The second kappa shape index (κ2) is 8.33. The largest absolute Gasteiger partial charge is 0.444 e. The first-order valence-corrected chi connectivity index (χ1v) is 7.66. The molecule has 1 atom stereocenters. The Hall–Kier alpha value is -2.57. The van der Waals surface area contributed by atoms with Crippen LogP contribution in [0.25, 0.3) is 0 Å². The number of benzene rings is 1. The number of carbonyl (C=O) groups is 3. The summed E-state index contributed by atoms with van der Waals surface area (Å²) in [5.74, 6) is -0.899. The van der Waals surface area contributed by atoms with E-state index in [1.54, 1.807) is 20.8 Å². The predicted molar refractivity (Wildman–Crippen MR) is 89.9 cm³/mol. The number of hydrazine groups is 1. The maximum atomic E-state index is 12.4. The fourth-order valence-electron chi connectivity index (χ4n) is 1.94. The van der Waals surface area contributed by atoms with Crippen molar-refractivity contribution in [2.75, 3.05) is 7.05 Å². The minimum Gasteiger partial charge on any atom is -0.444 e. The van der Waals surface area contributed by atoms with Crippen molar-refractivity contribution in [2.45, 2.75) is 45.8 Å². The topological polar surface area (TPSA) is 87.7 Å². The van der Waals surface area contributed by atoms with Crippen LogP contribution < -0.4 is 10.9 Å². The van der Waals surface area contributed by atoms with E-state index in [-0.39, 0.29) is 0 Å². The highest BCUT2D eigenvalue weighted by Crippen LogP contribution is 2.14. The van der Waals surface area contributed by atoms with E-state index in [9.17, 15) is 14.4 Å². The van der Waals surface area contributed by atoms with Gasteiger partial charge in [0.25, 0.3) is 5.91 Å². The SMILES string of the molecule is CC(=O)NNC(=O)[C@@H](Cc1ccccc1)N(C)C(=O)OC(C)(C)C. The maximum Gasteiger partial charge on any atom is 0.410 e. The summed E-state index contributed by atoms with van der Waals surface area (Å²) in [5, 5.41) is 0. The summed E-state index contributed by atoms with van der Waals surface area (Å²) in [6, 6.07) is 8.47. The van der Waals surface area contributed by atoms with Crippen LogP contribution in [0.2, 0.25) is 0 Å². The summed E-state index contributed by atoms with van der Waals surface area (Å²) in [5.41, 5.74) is 4.76. The normalized spacial score (nSPS) is 12.0. The van der Waals surface area contributed by atoms with Crippen LogP contribution in [-0.4, -0.2) is 41.5 Å². The van der Waals surface area contributed by atoms with Gasteiger partial charge < -0.3 is 4.74 Å². The van der Waals surface area contributed by atoms with E-state index >= 15 is 0 Å². The number of amides is 3. The lowest BCUT2D eigenvalue weighted by Crippen LogP contribution is -2.54. The molecule has 0 saturated carbocycles. The molecule has 0 fully saturated rings. The van der Waals surface area contributed by atoms with E-state index in [1.165, 1.54) is 18.9 Å². The first-order valence-electron chi connectivity index (χ1n) is 7.66. The van der Waals surface area contributed by atoms with Gasteiger partial charge in [0.05, 0.1) is 0 Å². The summed E-state index contributed by atoms with van der Waals surface area (Å²) in [7, 11) is 1.50. The number of hydrogen-bond donors (Lipinski definition) is 2. The van der Waals surface area contributed by atoms with Crippen molar-refractivity contribution >= 4 is 17.9 Å². The van der Waals surface area contributed by atoms with Crippen LogP contribution in [0, 0.1) is 0 Å². The monoisotopic (exact) mass is 335 g/mol. The standard InChI is InChI=1S/C17H25N3O4/c1-12(21)18-19-15(22)14(11-13-9-7-6-8-10-13)20(5)16(23)24-17(2,3)4/h6-10,14H,11H2,1-5H3,(H,18,21)(H,19,22)/t14-/m1/s1. The molecule has 0 radical (unpaired) electrons. The van der Waals surface area contributed by atoms with Gasteiger partial charge in [0.15, 0.2) is 0 Å². The van der Waals surface area contributed by atoms with Gasteiger partial charge in [0.2, 0.25) is 5.91 Å². The number of likely N-dealkylation sites (N-methyl/N-ethyl adjacent to an activating group) is 1. The number of nitrogens with one attached hydrogen (secondary N) is 2. The molecule has 1 aromatic carbocycles. The molecule has 0 heterocycles. The van der Waals surface area contributed by atoms with E-state index in [4.69, 9.17) is 4.74 Å². The lowest BCUT2D eigenvalue weighted by Gasteiger charge is -2.30. The molecule has 2 N–H and O–H groups in total. The van der Waals surface area contributed by atoms with Crippen molar-refractivity contribution in [3.63, 3.8) is 0 Å². The summed E-state index contributed by atoms with van der Waals surface area (Å²) >= 11 is 0. The molecule has 7 nitrogen and oxygen atoms in total. The van der Waals surface area contributed by atoms with Crippen LogP contribution in [-0.2, 0) is 20.7 Å². The fourth-order valence-corrected chi connectivity index (χ4v) is 1.94. The van der Waals surface area contributed by atoms with E-state index in [0.29, 0.717) is 6.42 Å². The molecular formula is C17H25N3O4. The molecule has 7 heteroatoms. The third kappa shape index (κ3) is 6.68. The van der Waals surface area contributed by atoms with E-state index in [2.05, 4.69) is 10.9 Å². The van der Waals surface area contributed by atoms with Crippen LogP contribution in [0.1, 0.15) is 33.3 Å². The van der Waals surface area contributed by atoms with Crippen molar-refractivity contribution in [1.82, 2.24) is 15.8 Å². The molecule has 1 rings (SSSR count). The summed E-state index contributed by atoms with van der Waals surface area (Å²) < 4.78 is 5.31. The molecule has 0 saturated heterocycles. The van der Waals surface area contributed by atoms with E-state index < -0.39 is 29.6 Å². The van der Waals surface area contributed by atoms with Gasteiger partial charge in [-0.3, -0.25) is 25.3 Å². The molecule has 0 unspecified atom stereocenters. The Bertz CT molecular complexity index is 581. The van der Waals surface area contributed by atoms with Crippen molar-refractivity contribution in [1.29, 1.82) is 0 Å². The molecule has 0 bridgehead atoms. The zero-order valence-electron chi connectivity index (χ0n) is 14.8. The Morgan fingerprint density at radius 3 is 2.21 bits per heavy atom. The Morgan fingerprint density at radius 2 is 1.71 bits per heavy atom. The van der Waals surface area contributed by atoms with Gasteiger partial charge in [-0.15, -0.1) is 0 Å². The lowest BCUT2D eigenvalue weighted by atomic mass is 10.0. The minimum absolute atomic E-state index is 0.294. The van der Waals surface area contributed by atoms with Crippen LogP contribution in [0.4, 0.5) is 4.79 Å². The van der Waals surface area contributed by atoms with Gasteiger partial charge in [-0.1, -0.05) is 30.3 Å². The zero-order valence-corrected chi connectivity index (χ0v) is 14.8. The second-order valence-electron chi connectivity index (χ2n) is 6.47. The number of hydrogen-bond acceptors (Lipinski definition) is 4. The maximum absolute atomic E-state index is 12.4. The molecule has 24 heavy (non-hydrogen) atoms. The number of carbonyl (C=O) groups excluding carboxylic acids is 3. The molecule has 0 aliphatic heterocycles. The Kier molecular flexibility index (Phi) is 6.76. The Balaban J connectivity index is 2.92. The highest BCUT2D eigenvalue weighted by Gasteiger charge is 2.30. The van der Waals surface area contributed by atoms with Gasteiger partial charge >= 0.3 is 6.09 Å². The number of nitrogens with zero attached hydrogens (tertiary/aromatic N) is 1. The predicted octanol–water partition coefficient (Wildman–Crippen LogP) is 1.63. The molecule has 0 aliphatic rings. The van der Waals surface area contributed by atoms with Gasteiger partial charge in [-0.25, -0.2) is 4.79 Å². The molecule has 0 aliphatic carbocycles. The minimum atomic E-state index is -0.825. The Morgan fingerprint density at radius 1 is 1.12 bits per heavy atom. The van der Waals surface area contributed by atoms with Crippen molar-refractivity contribution in [3.8, 4) is 0 Å². The van der Waals surface area contributed by atoms with Crippen molar-refractivity contribution in [2.24, 2.45) is 0 Å². The zero-order chi connectivity index (χ0) is 18.3. The quantitative estimate of drug-likeness (QED) is 0.819. The molecule has 0 aromatic heterocycles. The van der Waals surface area contributed by atoms with Gasteiger partial charge in [-0.2, -0.15) is 0 Å². The molecular weight excluding hydrogens is 310 g/mol. The van der Waals surface area contributed by atoms with Gasteiger partial charge in [0.1, 0.15) is 11.6 Å². The smallest absolute Gasteiger partial charge is 0.410 e. The average molecular weight is 335 g/mol. The lowest BCUT2D eigenvalue weighted by molar-refractivity contribution is -0.131. The second-order valence-corrected chi connectivity index (χ2v) is 6.47. The van der Waals surface area contributed by atoms with Crippen molar-refractivity contribution < 1.29 is 19.1 Å². The highest BCUT2D eigenvalue weighted by atomic mass is 16.6. The van der Waals surface area contributed by atoms with Gasteiger partial charge in [0, 0.05) is 20.4 Å². The third-order valence-corrected chi connectivity index (χ3v) is 3.09. The summed E-state index contributed by atoms with van der Waals surface area (Å²) in [4.78, 5) is 36.9. The average Bonchev–Trinajstić information content (AvgIpc) is 2.49. The van der Waals surface area contributed by atoms with Crippen LogP contribution in [0.15, 0.2) is 30.3 Å². The Labute approximate surface area is 142 Å². The van der Waals surface area contributed by atoms with Crippen LogP contribution >= 0.6 is 0 Å². The van der Waals surface area contributed by atoms with E-state index in [1.807, 2.05) is 30.3 Å². The molecule has 132 valence electrons. The first-order chi connectivity index (χ1) is 11.1. The van der Waals surface area contributed by atoms with Crippen molar-refractivity contribution in [3.05, 3.63) is 35.9 Å². The van der Waals surface area contributed by atoms with Crippen LogP contribution in [0.3, 0.4) is 0 Å². The molecule has 1 aromatic rings. The molecule has 0 spiro atoms. The van der Waals surface area contributed by atoms with Gasteiger partial charge in [-0.05, 0) is 26.3 Å². The fraction of sp³-hybridized carbons (Fsp3) is 0.471. The summed E-state index contributed by atoms with van der Waals surface area (Å²) in [6.07, 6.45) is -0.316. The number of ether oxygens (including phenoxy) is 1. The third-order valence-electron chi connectivity index (χ3n) is 3.09. The summed E-state index contributed by atoms with van der Waals surface area (Å²) in [6.45, 7) is 6.54. The highest BCUT2D eigenvalue weighted by molar-refractivity contribution is 5.87. The van der Waals surface area contributed by atoms with E-state index in [0.717, 1.165) is 5.56 Å². The first kappa shape index (κ1) is 19.5. The number of rotatable bonds is 4. The molecule has 3 amide bonds.